The zero-order chi connectivity index (χ0) is 11.3. The molecule has 0 spiro atoms. The van der Waals surface area contributed by atoms with Gasteiger partial charge in [0.15, 0.2) is 6.29 Å². The highest BCUT2D eigenvalue weighted by atomic mass is 16.7. The summed E-state index contributed by atoms with van der Waals surface area (Å²) in [6.45, 7) is 9.29. The average molecular weight is 212 g/mol. The number of hydrogen-bond acceptors (Lipinski definition) is 2. The predicted octanol–water partition coefficient (Wildman–Crippen LogP) is 3.38. The van der Waals surface area contributed by atoms with Gasteiger partial charge in [-0.15, -0.1) is 0 Å². The molecule has 0 aromatic rings. The Balaban J connectivity index is 2.46. The zero-order valence-corrected chi connectivity index (χ0v) is 10.4. The van der Waals surface area contributed by atoms with E-state index in [0.29, 0.717) is 17.9 Å². The van der Waals surface area contributed by atoms with Gasteiger partial charge in [-0.1, -0.05) is 26.0 Å². The molecule has 3 atom stereocenters. The summed E-state index contributed by atoms with van der Waals surface area (Å²) in [7, 11) is 0. The van der Waals surface area contributed by atoms with Crippen molar-refractivity contribution in [3.8, 4) is 0 Å². The van der Waals surface area contributed by atoms with Crippen LogP contribution < -0.4 is 0 Å². The quantitative estimate of drug-likeness (QED) is 0.665. The fourth-order valence-corrected chi connectivity index (χ4v) is 1.85. The van der Waals surface area contributed by atoms with E-state index in [4.69, 9.17) is 9.47 Å². The fraction of sp³-hybridized carbons (Fsp3) is 0.846. The Bertz CT molecular complexity index is 199. The zero-order valence-electron chi connectivity index (χ0n) is 10.4. The molecule has 15 heavy (non-hydrogen) atoms. The Morgan fingerprint density at radius 3 is 2.73 bits per heavy atom. The van der Waals surface area contributed by atoms with E-state index in [1.807, 2.05) is 0 Å². The van der Waals surface area contributed by atoms with Crippen LogP contribution in [0, 0.1) is 11.8 Å². The van der Waals surface area contributed by atoms with Gasteiger partial charge in [-0.05, 0) is 32.6 Å². The van der Waals surface area contributed by atoms with E-state index in [-0.39, 0.29) is 6.29 Å². The Hall–Kier alpha value is -0.340. The van der Waals surface area contributed by atoms with Crippen molar-refractivity contribution in [3.63, 3.8) is 0 Å². The molecule has 0 amide bonds. The SMILES string of the molecule is CC=CC1CCC(C)OC1OCC(C)C. The minimum atomic E-state index is -0.0349. The average Bonchev–Trinajstić information content (AvgIpc) is 2.18. The maximum Gasteiger partial charge on any atom is 0.164 e. The summed E-state index contributed by atoms with van der Waals surface area (Å²) in [6.07, 6.45) is 6.91. The van der Waals surface area contributed by atoms with Gasteiger partial charge in [0.25, 0.3) is 0 Å². The number of allylic oxidation sites excluding steroid dienone is 1. The lowest BCUT2D eigenvalue weighted by Crippen LogP contribution is -2.35. The number of ether oxygens (including phenoxy) is 2. The van der Waals surface area contributed by atoms with Crippen molar-refractivity contribution in [3.05, 3.63) is 12.2 Å². The Labute approximate surface area is 93.7 Å². The molecule has 0 aromatic carbocycles. The normalized spacial score (nSPS) is 32.7. The van der Waals surface area contributed by atoms with Gasteiger partial charge in [-0.3, -0.25) is 0 Å². The van der Waals surface area contributed by atoms with Crippen molar-refractivity contribution in [2.75, 3.05) is 6.61 Å². The summed E-state index contributed by atoms with van der Waals surface area (Å²) in [5.41, 5.74) is 0. The molecule has 0 radical (unpaired) electrons. The van der Waals surface area contributed by atoms with Crippen LogP contribution in [-0.4, -0.2) is 19.0 Å². The Morgan fingerprint density at radius 1 is 1.40 bits per heavy atom. The van der Waals surface area contributed by atoms with Crippen LogP contribution in [-0.2, 0) is 9.47 Å². The van der Waals surface area contributed by atoms with Crippen molar-refractivity contribution in [1.29, 1.82) is 0 Å². The molecule has 3 unspecified atom stereocenters. The molecule has 1 heterocycles. The molecule has 2 nitrogen and oxygen atoms in total. The summed E-state index contributed by atoms with van der Waals surface area (Å²) < 4.78 is 11.6. The van der Waals surface area contributed by atoms with E-state index in [9.17, 15) is 0 Å². The molecule has 1 rings (SSSR count). The van der Waals surface area contributed by atoms with Crippen LogP contribution in [0.2, 0.25) is 0 Å². The molecule has 1 fully saturated rings. The van der Waals surface area contributed by atoms with Gasteiger partial charge in [0, 0.05) is 5.92 Å². The van der Waals surface area contributed by atoms with E-state index in [2.05, 4.69) is 39.8 Å². The maximum absolute atomic E-state index is 5.83. The molecule has 1 aliphatic rings. The van der Waals surface area contributed by atoms with Gasteiger partial charge >= 0.3 is 0 Å². The second-order valence-corrected chi connectivity index (χ2v) is 4.81. The minimum Gasteiger partial charge on any atom is -0.352 e. The van der Waals surface area contributed by atoms with Crippen LogP contribution in [0.15, 0.2) is 12.2 Å². The van der Waals surface area contributed by atoms with Gasteiger partial charge in [0.1, 0.15) is 0 Å². The van der Waals surface area contributed by atoms with Crippen LogP contribution >= 0.6 is 0 Å². The molecule has 1 aliphatic heterocycles. The Morgan fingerprint density at radius 2 is 2.13 bits per heavy atom. The molecule has 2 heteroatoms. The van der Waals surface area contributed by atoms with E-state index in [1.54, 1.807) is 0 Å². The largest absolute Gasteiger partial charge is 0.352 e. The molecule has 0 bridgehead atoms. The summed E-state index contributed by atoms with van der Waals surface area (Å²) in [5.74, 6) is 1.00. The van der Waals surface area contributed by atoms with Crippen molar-refractivity contribution >= 4 is 0 Å². The standard InChI is InChI=1S/C13H24O2/c1-5-6-12-8-7-11(4)15-13(12)14-9-10(2)3/h5-6,10-13H,7-9H2,1-4H3. The topological polar surface area (TPSA) is 18.5 Å². The predicted molar refractivity (Wildman–Crippen MR) is 62.7 cm³/mol. The fourth-order valence-electron chi connectivity index (χ4n) is 1.85. The molecule has 0 saturated carbocycles. The molecular formula is C13H24O2. The lowest BCUT2D eigenvalue weighted by molar-refractivity contribution is -0.211. The molecule has 0 aliphatic carbocycles. The van der Waals surface area contributed by atoms with E-state index in [0.717, 1.165) is 13.0 Å². The first-order chi connectivity index (χ1) is 7.13. The van der Waals surface area contributed by atoms with Gasteiger partial charge in [-0.2, -0.15) is 0 Å². The summed E-state index contributed by atoms with van der Waals surface area (Å²) in [6, 6.07) is 0. The summed E-state index contributed by atoms with van der Waals surface area (Å²) >= 11 is 0. The van der Waals surface area contributed by atoms with Gasteiger partial charge in [-0.25, -0.2) is 0 Å². The van der Waals surface area contributed by atoms with Crippen LogP contribution in [0.1, 0.15) is 40.5 Å². The van der Waals surface area contributed by atoms with Crippen molar-refractivity contribution in [1.82, 2.24) is 0 Å². The smallest absolute Gasteiger partial charge is 0.164 e. The molecule has 1 saturated heterocycles. The van der Waals surface area contributed by atoms with Crippen LogP contribution in [0.3, 0.4) is 0 Å². The van der Waals surface area contributed by atoms with E-state index in [1.165, 1.54) is 6.42 Å². The third-order valence-corrected chi connectivity index (χ3v) is 2.66. The van der Waals surface area contributed by atoms with Crippen molar-refractivity contribution < 1.29 is 9.47 Å². The monoisotopic (exact) mass is 212 g/mol. The number of hydrogen-bond donors (Lipinski definition) is 0. The van der Waals surface area contributed by atoms with E-state index < -0.39 is 0 Å². The van der Waals surface area contributed by atoms with Gasteiger partial charge < -0.3 is 9.47 Å². The van der Waals surface area contributed by atoms with Gasteiger partial charge in [0.2, 0.25) is 0 Å². The Kier molecular flexibility index (Phi) is 5.34. The second-order valence-electron chi connectivity index (χ2n) is 4.81. The maximum atomic E-state index is 5.83. The van der Waals surface area contributed by atoms with Crippen LogP contribution in [0.4, 0.5) is 0 Å². The van der Waals surface area contributed by atoms with Crippen LogP contribution in [0.5, 0.6) is 0 Å². The second kappa shape index (κ2) is 6.29. The third kappa shape index (κ3) is 4.35. The number of rotatable bonds is 4. The van der Waals surface area contributed by atoms with Crippen LogP contribution in [0.25, 0.3) is 0 Å². The first-order valence-corrected chi connectivity index (χ1v) is 6.03. The lowest BCUT2D eigenvalue weighted by Gasteiger charge is -2.33. The molecular weight excluding hydrogens is 188 g/mol. The third-order valence-electron chi connectivity index (χ3n) is 2.66. The van der Waals surface area contributed by atoms with Crippen molar-refractivity contribution in [2.24, 2.45) is 11.8 Å². The summed E-state index contributed by atoms with van der Waals surface area (Å²) in [4.78, 5) is 0. The first-order valence-electron chi connectivity index (χ1n) is 6.03. The minimum absolute atomic E-state index is 0.0349. The molecule has 88 valence electrons. The van der Waals surface area contributed by atoms with Crippen molar-refractivity contribution in [2.45, 2.75) is 52.9 Å². The molecule has 0 aromatic heterocycles. The summed E-state index contributed by atoms with van der Waals surface area (Å²) in [5, 5.41) is 0. The highest BCUT2D eigenvalue weighted by Gasteiger charge is 2.28. The molecule has 0 N–H and O–H groups in total. The van der Waals surface area contributed by atoms with E-state index >= 15 is 0 Å². The van der Waals surface area contributed by atoms with Gasteiger partial charge in [0.05, 0.1) is 12.7 Å². The highest BCUT2D eigenvalue weighted by molar-refractivity contribution is 4.90. The highest BCUT2D eigenvalue weighted by Crippen LogP contribution is 2.27. The first kappa shape index (κ1) is 12.7. The lowest BCUT2D eigenvalue weighted by atomic mass is 9.97.